The van der Waals surface area contributed by atoms with Crippen molar-refractivity contribution in [2.75, 3.05) is 5.75 Å². The van der Waals surface area contributed by atoms with Gasteiger partial charge in [-0.05, 0) is 31.7 Å². The Morgan fingerprint density at radius 1 is 1.47 bits per heavy atom. The average Bonchev–Trinajstić information content (AvgIpc) is 2.76. The van der Waals surface area contributed by atoms with E-state index in [2.05, 4.69) is 0 Å². The predicted molar refractivity (Wildman–Crippen MR) is 75.7 cm³/mol. The van der Waals surface area contributed by atoms with Gasteiger partial charge in [0.1, 0.15) is 0 Å². The van der Waals surface area contributed by atoms with Crippen molar-refractivity contribution in [2.45, 2.75) is 39.3 Å². The van der Waals surface area contributed by atoms with E-state index in [0.29, 0.717) is 6.54 Å². The first kappa shape index (κ1) is 16.1. The van der Waals surface area contributed by atoms with Gasteiger partial charge in [-0.2, -0.15) is 4.31 Å². The van der Waals surface area contributed by atoms with Crippen molar-refractivity contribution in [1.82, 2.24) is 4.31 Å². The minimum absolute atomic E-state index is 0.121. The molecule has 0 aliphatic heterocycles. The fourth-order valence-electron chi connectivity index (χ4n) is 1.68. The molecule has 0 saturated heterocycles. The number of carboxylic acids is 1. The van der Waals surface area contributed by atoms with E-state index >= 15 is 0 Å². The van der Waals surface area contributed by atoms with Crippen LogP contribution in [0, 0.1) is 0 Å². The molecule has 0 aromatic carbocycles. The summed E-state index contributed by atoms with van der Waals surface area (Å²) < 4.78 is 25.9. The molecule has 1 aromatic heterocycles. The lowest BCUT2D eigenvalue weighted by Gasteiger charge is -2.25. The Bertz CT molecular complexity index is 494. The highest BCUT2D eigenvalue weighted by Crippen LogP contribution is 2.18. The lowest BCUT2D eigenvalue weighted by molar-refractivity contribution is -0.137. The summed E-state index contributed by atoms with van der Waals surface area (Å²) in [5, 5.41) is 10.5. The van der Waals surface area contributed by atoms with Crippen LogP contribution in [0.15, 0.2) is 17.5 Å². The van der Waals surface area contributed by atoms with Gasteiger partial charge in [0.25, 0.3) is 0 Å². The number of rotatable bonds is 8. The minimum Gasteiger partial charge on any atom is -0.481 e. The van der Waals surface area contributed by atoms with E-state index in [1.807, 2.05) is 31.4 Å². The second kappa shape index (κ2) is 7.02. The average molecular weight is 305 g/mol. The zero-order valence-corrected chi connectivity index (χ0v) is 12.7. The van der Waals surface area contributed by atoms with Crippen LogP contribution < -0.4 is 0 Å². The maximum atomic E-state index is 12.2. The Labute approximate surface area is 117 Å². The van der Waals surface area contributed by atoms with Crippen molar-refractivity contribution >= 4 is 27.3 Å². The zero-order chi connectivity index (χ0) is 14.5. The molecule has 1 N–H and O–H groups in total. The van der Waals surface area contributed by atoms with Crippen LogP contribution in [0.3, 0.4) is 0 Å². The quantitative estimate of drug-likeness (QED) is 0.798. The third-order valence-corrected chi connectivity index (χ3v) is 5.55. The van der Waals surface area contributed by atoms with Gasteiger partial charge in [0.05, 0.1) is 5.75 Å². The number of sulfonamides is 1. The number of nitrogens with zero attached hydrogens (tertiary/aromatic N) is 1. The molecule has 0 atom stereocenters. The summed E-state index contributed by atoms with van der Waals surface area (Å²) in [5.41, 5.74) is 0. The number of hydrogen-bond donors (Lipinski definition) is 1. The van der Waals surface area contributed by atoms with E-state index in [-0.39, 0.29) is 24.6 Å². The second-order valence-corrected chi connectivity index (χ2v) is 7.60. The minimum atomic E-state index is -3.42. The van der Waals surface area contributed by atoms with Crippen LogP contribution in [0.1, 0.15) is 31.6 Å². The summed E-state index contributed by atoms with van der Waals surface area (Å²) in [6, 6.07) is 3.64. The molecule has 7 heteroatoms. The summed E-state index contributed by atoms with van der Waals surface area (Å²) >= 11 is 1.51. The molecule has 0 aliphatic rings. The molecule has 0 spiro atoms. The van der Waals surface area contributed by atoms with Crippen molar-refractivity contribution in [1.29, 1.82) is 0 Å². The standard InChI is InChI=1S/C12H19NO4S2/c1-10(2)13(9-11-5-3-7-18-11)19(16,17)8-4-6-12(14)15/h3,5,7,10H,4,6,8-9H2,1-2H3,(H,14,15). The Morgan fingerprint density at radius 3 is 2.63 bits per heavy atom. The highest BCUT2D eigenvalue weighted by Gasteiger charge is 2.25. The van der Waals surface area contributed by atoms with Gasteiger partial charge in [0.2, 0.25) is 10.0 Å². The number of carbonyl (C=O) groups is 1. The maximum absolute atomic E-state index is 12.2. The topological polar surface area (TPSA) is 74.7 Å². The van der Waals surface area contributed by atoms with Crippen LogP contribution in [0.5, 0.6) is 0 Å². The van der Waals surface area contributed by atoms with Gasteiger partial charge in [-0.3, -0.25) is 4.79 Å². The van der Waals surface area contributed by atoms with Gasteiger partial charge < -0.3 is 5.11 Å². The van der Waals surface area contributed by atoms with E-state index in [1.165, 1.54) is 15.6 Å². The fraction of sp³-hybridized carbons (Fsp3) is 0.583. The smallest absolute Gasteiger partial charge is 0.303 e. The molecule has 0 unspecified atom stereocenters. The van der Waals surface area contributed by atoms with Crippen molar-refractivity contribution in [3.8, 4) is 0 Å². The molecule has 1 rings (SSSR count). The number of aliphatic carboxylic acids is 1. The van der Waals surface area contributed by atoms with Gasteiger partial charge in [0, 0.05) is 23.9 Å². The first-order valence-corrected chi connectivity index (χ1v) is 8.55. The van der Waals surface area contributed by atoms with Crippen LogP contribution >= 0.6 is 11.3 Å². The Kier molecular flexibility index (Phi) is 5.96. The lowest BCUT2D eigenvalue weighted by atomic mass is 10.3. The Hall–Kier alpha value is -0.920. The molecule has 1 heterocycles. The molecule has 108 valence electrons. The van der Waals surface area contributed by atoms with Gasteiger partial charge >= 0.3 is 5.97 Å². The normalized spacial score (nSPS) is 12.2. The van der Waals surface area contributed by atoms with Crippen molar-refractivity contribution in [3.05, 3.63) is 22.4 Å². The van der Waals surface area contributed by atoms with E-state index in [9.17, 15) is 13.2 Å². The van der Waals surface area contributed by atoms with Gasteiger partial charge in [-0.1, -0.05) is 6.07 Å². The second-order valence-electron chi connectivity index (χ2n) is 4.53. The first-order valence-electron chi connectivity index (χ1n) is 6.06. The Morgan fingerprint density at radius 2 is 2.16 bits per heavy atom. The van der Waals surface area contributed by atoms with E-state index < -0.39 is 16.0 Å². The third kappa shape index (κ3) is 5.30. The summed E-state index contributed by atoms with van der Waals surface area (Å²) in [6.45, 7) is 4.00. The third-order valence-electron chi connectivity index (χ3n) is 2.62. The van der Waals surface area contributed by atoms with Crippen molar-refractivity contribution in [3.63, 3.8) is 0 Å². The van der Waals surface area contributed by atoms with Crippen LogP contribution in [-0.2, 0) is 21.4 Å². The Balaban J connectivity index is 2.71. The van der Waals surface area contributed by atoms with Crippen LogP contribution in [0.2, 0.25) is 0 Å². The molecule has 0 aliphatic carbocycles. The molecular formula is C12H19NO4S2. The molecule has 0 amide bonds. The molecule has 0 fully saturated rings. The van der Waals surface area contributed by atoms with Crippen LogP contribution in [-0.4, -0.2) is 35.6 Å². The largest absolute Gasteiger partial charge is 0.481 e. The van der Waals surface area contributed by atoms with E-state index in [4.69, 9.17) is 5.11 Å². The molecule has 5 nitrogen and oxygen atoms in total. The highest BCUT2D eigenvalue weighted by molar-refractivity contribution is 7.89. The molecule has 19 heavy (non-hydrogen) atoms. The zero-order valence-electron chi connectivity index (χ0n) is 11.1. The molecule has 0 saturated carbocycles. The lowest BCUT2D eigenvalue weighted by Crippen LogP contribution is -2.37. The number of hydrogen-bond acceptors (Lipinski definition) is 4. The first-order chi connectivity index (χ1) is 8.83. The molecule has 1 aromatic rings. The summed E-state index contributed by atoms with van der Waals surface area (Å²) in [5.74, 6) is -1.09. The van der Waals surface area contributed by atoms with Gasteiger partial charge in [-0.25, -0.2) is 8.42 Å². The van der Waals surface area contributed by atoms with Crippen molar-refractivity contribution in [2.24, 2.45) is 0 Å². The van der Waals surface area contributed by atoms with Gasteiger partial charge in [-0.15, -0.1) is 11.3 Å². The molecule has 0 bridgehead atoms. The van der Waals surface area contributed by atoms with Crippen LogP contribution in [0.4, 0.5) is 0 Å². The monoisotopic (exact) mass is 305 g/mol. The number of thiophene rings is 1. The summed E-state index contributed by atoms with van der Waals surface area (Å²) in [6.07, 6.45) is 0.0233. The fourth-order valence-corrected chi connectivity index (χ4v) is 4.19. The van der Waals surface area contributed by atoms with Crippen molar-refractivity contribution < 1.29 is 18.3 Å². The van der Waals surface area contributed by atoms with Gasteiger partial charge in [0.15, 0.2) is 0 Å². The maximum Gasteiger partial charge on any atom is 0.303 e. The summed E-state index contributed by atoms with van der Waals surface area (Å²) in [7, 11) is -3.42. The molecular weight excluding hydrogens is 286 g/mol. The SMILES string of the molecule is CC(C)N(Cc1cccs1)S(=O)(=O)CCCC(=O)O. The summed E-state index contributed by atoms with van der Waals surface area (Å²) in [4.78, 5) is 11.4. The number of carboxylic acid groups (broad SMARTS) is 1. The van der Waals surface area contributed by atoms with E-state index in [0.717, 1.165) is 4.88 Å². The predicted octanol–water partition coefficient (Wildman–Crippen LogP) is 2.15. The van der Waals surface area contributed by atoms with E-state index in [1.54, 1.807) is 0 Å². The van der Waals surface area contributed by atoms with Crippen LogP contribution in [0.25, 0.3) is 0 Å². The highest BCUT2D eigenvalue weighted by atomic mass is 32.2. The molecule has 0 radical (unpaired) electrons.